The van der Waals surface area contributed by atoms with Crippen molar-refractivity contribution >= 4 is 11.5 Å². The number of fused-ring (bicyclic) bond motifs is 2. The Morgan fingerprint density at radius 1 is 1.20 bits per heavy atom. The Kier molecular flexibility index (Phi) is 4.13. The van der Waals surface area contributed by atoms with Crippen LogP contribution in [0.15, 0.2) is 24.3 Å². The molecule has 6 heteroatoms. The fourth-order valence-corrected chi connectivity index (χ4v) is 3.61. The van der Waals surface area contributed by atoms with E-state index >= 15 is 0 Å². The van der Waals surface area contributed by atoms with E-state index in [1.54, 1.807) is 12.1 Å². The van der Waals surface area contributed by atoms with Crippen LogP contribution in [0, 0.1) is 12.7 Å². The molecule has 130 valence electrons. The predicted molar refractivity (Wildman–Crippen MR) is 95.3 cm³/mol. The van der Waals surface area contributed by atoms with Crippen LogP contribution in [0.5, 0.6) is 0 Å². The lowest BCUT2D eigenvalue weighted by atomic mass is 9.96. The number of halogens is 1. The Hall–Kier alpha value is -2.47. The third-order valence-corrected chi connectivity index (χ3v) is 4.75. The van der Waals surface area contributed by atoms with E-state index < -0.39 is 0 Å². The van der Waals surface area contributed by atoms with Crippen LogP contribution in [0.2, 0.25) is 0 Å². The van der Waals surface area contributed by atoms with E-state index in [1.807, 2.05) is 11.4 Å². The maximum Gasteiger partial charge on any atom is 0.165 e. The van der Waals surface area contributed by atoms with Crippen LogP contribution in [0.4, 0.5) is 10.2 Å². The second kappa shape index (κ2) is 6.44. The lowest BCUT2D eigenvalue weighted by Gasteiger charge is -2.20. The molecule has 1 aliphatic carbocycles. The average Bonchev–Trinajstić information content (AvgIpc) is 2.95. The van der Waals surface area contributed by atoms with Crippen molar-refractivity contribution in [2.45, 2.75) is 32.6 Å². The Balaban J connectivity index is 1.96. The van der Waals surface area contributed by atoms with Gasteiger partial charge in [-0.2, -0.15) is 9.61 Å². The van der Waals surface area contributed by atoms with Crippen molar-refractivity contribution in [3.05, 3.63) is 47.0 Å². The zero-order chi connectivity index (χ0) is 17.4. The molecule has 0 amide bonds. The smallest absolute Gasteiger partial charge is 0.165 e. The number of hydrogen-bond donors (Lipinski definition) is 2. The summed E-state index contributed by atoms with van der Waals surface area (Å²) in [5, 5.41) is 17.2. The second-order valence-corrected chi connectivity index (χ2v) is 6.45. The molecule has 0 spiro atoms. The molecular formula is C19H21FN4O. The van der Waals surface area contributed by atoms with Gasteiger partial charge in [-0.1, -0.05) is 12.1 Å². The van der Waals surface area contributed by atoms with Gasteiger partial charge in [-0.15, -0.1) is 0 Å². The largest absolute Gasteiger partial charge is 0.395 e. The van der Waals surface area contributed by atoms with E-state index in [1.165, 1.54) is 17.7 Å². The molecule has 1 aromatic carbocycles. The molecular weight excluding hydrogens is 319 g/mol. The van der Waals surface area contributed by atoms with Gasteiger partial charge in [-0.25, -0.2) is 9.37 Å². The SMILES string of the molecule is Cc1nn2c(NCCO)c3c(nc2c1-c1ccc(F)cc1)CCCC3. The first-order chi connectivity index (χ1) is 12.2. The van der Waals surface area contributed by atoms with Gasteiger partial charge in [0.05, 0.1) is 12.3 Å². The van der Waals surface area contributed by atoms with Crippen molar-refractivity contribution in [3.63, 3.8) is 0 Å². The molecule has 3 aromatic rings. The summed E-state index contributed by atoms with van der Waals surface area (Å²) >= 11 is 0. The van der Waals surface area contributed by atoms with Crippen LogP contribution in [-0.4, -0.2) is 32.9 Å². The van der Waals surface area contributed by atoms with Crippen molar-refractivity contribution in [2.24, 2.45) is 0 Å². The summed E-state index contributed by atoms with van der Waals surface area (Å²) in [6, 6.07) is 6.45. The molecule has 0 unspecified atom stereocenters. The van der Waals surface area contributed by atoms with E-state index in [9.17, 15) is 9.50 Å². The molecule has 25 heavy (non-hydrogen) atoms. The van der Waals surface area contributed by atoms with Gasteiger partial charge in [0.25, 0.3) is 0 Å². The van der Waals surface area contributed by atoms with Crippen molar-refractivity contribution in [2.75, 3.05) is 18.5 Å². The van der Waals surface area contributed by atoms with Crippen molar-refractivity contribution in [3.8, 4) is 11.1 Å². The zero-order valence-electron chi connectivity index (χ0n) is 14.2. The number of nitrogens with zero attached hydrogens (tertiary/aromatic N) is 3. The van der Waals surface area contributed by atoms with Gasteiger partial charge in [-0.3, -0.25) is 0 Å². The Labute approximate surface area is 145 Å². The van der Waals surface area contributed by atoms with Gasteiger partial charge in [0.1, 0.15) is 11.6 Å². The average molecular weight is 340 g/mol. The third-order valence-electron chi connectivity index (χ3n) is 4.75. The number of aliphatic hydroxyl groups is 1. The standard InChI is InChI=1S/C19H21FN4O/c1-12-17(13-6-8-14(20)9-7-13)19-22-16-5-3-2-4-15(16)18(21-10-11-25)24(19)23-12/h6-9,21,25H,2-5,10-11H2,1H3. The molecule has 2 N–H and O–H groups in total. The summed E-state index contributed by atoms with van der Waals surface area (Å²) < 4.78 is 15.1. The summed E-state index contributed by atoms with van der Waals surface area (Å²) in [6.45, 7) is 2.47. The first-order valence-corrected chi connectivity index (χ1v) is 8.71. The number of benzene rings is 1. The highest BCUT2D eigenvalue weighted by atomic mass is 19.1. The van der Waals surface area contributed by atoms with Gasteiger partial charge >= 0.3 is 0 Å². The Bertz CT molecular complexity index is 918. The molecule has 2 heterocycles. The van der Waals surface area contributed by atoms with Crippen LogP contribution in [0.3, 0.4) is 0 Å². The molecule has 0 saturated heterocycles. The van der Waals surface area contributed by atoms with Crippen molar-refractivity contribution < 1.29 is 9.50 Å². The fourth-order valence-electron chi connectivity index (χ4n) is 3.61. The monoisotopic (exact) mass is 340 g/mol. The van der Waals surface area contributed by atoms with E-state index in [0.717, 1.165) is 59.7 Å². The Morgan fingerprint density at radius 2 is 1.96 bits per heavy atom. The second-order valence-electron chi connectivity index (χ2n) is 6.45. The van der Waals surface area contributed by atoms with Gasteiger partial charge < -0.3 is 10.4 Å². The van der Waals surface area contributed by atoms with E-state index in [2.05, 4.69) is 10.4 Å². The number of hydrogen-bond acceptors (Lipinski definition) is 4. The molecule has 0 saturated carbocycles. The van der Waals surface area contributed by atoms with Crippen molar-refractivity contribution in [1.29, 1.82) is 0 Å². The van der Waals surface area contributed by atoms with E-state index in [-0.39, 0.29) is 12.4 Å². The highest BCUT2D eigenvalue weighted by Gasteiger charge is 2.22. The lowest BCUT2D eigenvalue weighted by molar-refractivity contribution is 0.311. The van der Waals surface area contributed by atoms with Crippen molar-refractivity contribution in [1.82, 2.24) is 14.6 Å². The normalized spacial score (nSPS) is 13.9. The van der Waals surface area contributed by atoms with Crippen LogP contribution in [0.25, 0.3) is 16.8 Å². The van der Waals surface area contributed by atoms with Crippen LogP contribution >= 0.6 is 0 Å². The molecule has 0 radical (unpaired) electrons. The number of rotatable bonds is 4. The number of aryl methyl sites for hydroxylation is 2. The van der Waals surface area contributed by atoms with Crippen LogP contribution in [-0.2, 0) is 12.8 Å². The summed E-state index contributed by atoms with van der Waals surface area (Å²) in [5.41, 5.74) is 5.77. The predicted octanol–water partition coefficient (Wildman–Crippen LogP) is 3.13. The summed E-state index contributed by atoms with van der Waals surface area (Å²) in [6.07, 6.45) is 4.19. The van der Waals surface area contributed by atoms with Gasteiger partial charge in [0, 0.05) is 23.4 Å². The molecule has 0 aliphatic heterocycles. The highest BCUT2D eigenvalue weighted by Crippen LogP contribution is 2.33. The summed E-state index contributed by atoms with van der Waals surface area (Å²) in [5.74, 6) is 0.665. The van der Waals surface area contributed by atoms with Gasteiger partial charge in [-0.05, 0) is 50.3 Å². The topological polar surface area (TPSA) is 62.5 Å². The quantitative estimate of drug-likeness (QED) is 0.766. The molecule has 0 bridgehead atoms. The molecule has 0 fully saturated rings. The first-order valence-electron chi connectivity index (χ1n) is 8.71. The summed E-state index contributed by atoms with van der Waals surface area (Å²) in [4.78, 5) is 4.91. The van der Waals surface area contributed by atoms with Crippen LogP contribution in [0.1, 0.15) is 29.8 Å². The van der Waals surface area contributed by atoms with Gasteiger partial charge in [0.2, 0.25) is 0 Å². The van der Waals surface area contributed by atoms with E-state index in [4.69, 9.17) is 4.98 Å². The molecule has 1 aliphatic rings. The third kappa shape index (κ3) is 2.76. The van der Waals surface area contributed by atoms with Crippen LogP contribution < -0.4 is 5.32 Å². The van der Waals surface area contributed by atoms with E-state index in [0.29, 0.717) is 6.54 Å². The molecule has 2 aromatic heterocycles. The fraction of sp³-hybridized carbons (Fsp3) is 0.368. The number of anilines is 1. The highest BCUT2D eigenvalue weighted by molar-refractivity contribution is 5.81. The lowest BCUT2D eigenvalue weighted by Crippen LogP contribution is -2.17. The zero-order valence-corrected chi connectivity index (χ0v) is 14.2. The molecule has 4 rings (SSSR count). The van der Waals surface area contributed by atoms with Gasteiger partial charge in [0.15, 0.2) is 5.65 Å². The minimum atomic E-state index is -0.256. The number of nitrogens with one attached hydrogen (secondary N) is 1. The first kappa shape index (κ1) is 16.0. The molecule has 5 nitrogen and oxygen atoms in total. The Morgan fingerprint density at radius 3 is 2.72 bits per heavy atom. The molecule has 0 atom stereocenters. The maximum atomic E-state index is 13.3. The summed E-state index contributed by atoms with van der Waals surface area (Å²) in [7, 11) is 0. The maximum absolute atomic E-state index is 13.3. The minimum absolute atomic E-state index is 0.0592. The number of aliphatic hydroxyl groups excluding tert-OH is 1. The number of aromatic nitrogens is 3. The minimum Gasteiger partial charge on any atom is -0.395 e.